The fraction of sp³-hybridized carbons (Fsp3) is 0.333. The van der Waals surface area contributed by atoms with Crippen molar-refractivity contribution >= 4 is 11.3 Å². The van der Waals surface area contributed by atoms with Crippen LogP contribution in [-0.4, -0.2) is 14.8 Å². The normalized spacial score (nSPS) is 11.0. The first-order valence-corrected chi connectivity index (χ1v) is 5.15. The maximum absolute atomic E-state index is 4.41. The first kappa shape index (κ1) is 8.44. The second-order valence-corrected chi connectivity index (χ2v) is 3.87. The Morgan fingerprint density at radius 2 is 2.23 bits per heavy atom. The predicted octanol–water partition coefficient (Wildman–Crippen LogP) is 2.59. The maximum atomic E-state index is 4.41. The van der Waals surface area contributed by atoms with E-state index >= 15 is 0 Å². The molecular formula is C9H11N3S. The summed E-state index contributed by atoms with van der Waals surface area (Å²) in [5, 5.41) is 6.42. The third kappa shape index (κ3) is 1.62. The van der Waals surface area contributed by atoms with E-state index in [1.165, 1.54) is 0 Å². The van der Waals surface area contributed by atoms with Gasteiger partial charge in [0.2, 0.25) is 0 Å². The molecule has 0 aliphatic rings. The molecule has 2 aromatic heterocycles. The smallest absolute Gasteiger partial charge is 0.112 e. The van der Waals surface area contributed by atoms with Crippen LogP contribution in [0.4, 0.5) is 0 Å². The van der Waals surface area contributed by atoms with Crippen LogP contribution in [0.3, 0.4) is 0 Å². The van der Waals surface area contributed by atoms with E-state index in [4.69, 9.17) is 0 Å². The summed E-state index contributed by atoms with van der Waals surface area (Å²) in [6.07, 6.45) is 1.99. The SMILES string of the molecule is CC(C)n1ccc(-c2cscn2)n1. The standard InChI is InChI=1S/C9H11N3S/c1-7(2)12-4-3-8(11-12)9-5-13-6-10-9/h3-7H,1-2H3. The van der Waals surface area contributed by atoms with Crippen molar-refractivity contribution in [1.82, 2.24) is 14.8 Å². The van der Waals surface area contributed by atoms with Gasteiger partial charge in [0.1, 0.15) is 11.4 Å². The minimum Gasteiger partial charge on any atom is -0.270 e. The lowest BCUT2D eigenvalue weighted by atomic mass is 10.3. The van der Waals surface area contributed by atoms with Gasteiger partial charge in [0.15, 0.2) is 0 Å². The Bertz CT molecular complexity index is 375. The lowest BCUT2D eigenvalue weighted by Gasteiger charge is -2.02. The van der Waals surface area contributed by atoms with Crippen LogP contribution in [0, 0.1) is 0 Å². The van der Waals surface area contributed by atoms with Gasteiger partial charge in [-0.2, -0.15) is 5.10 Å². The largest absolute Gasteiger partial charge is 0.270 e. The van der Waals surface area contributed by atoms with Crippen LogP contribution in [0.2, 0.25) is 0 Å². The van der Waals surface area contributed by atoms with Crippen LogP contribution in [0.5, 0.6) is 0 Å². The molecular weight excluding hydrogens is 182 g/mol. The van der Waals surface area contributed by atoms with Crippen LogP contribution < -0.4 is 0 Å². The topological polar surface area (TPSA) is 30.7 Å². The first-order chi connectivity index (χ1) is 6.27. The van der Waals surface area contributed by atoms with Crippen LogP contribution in [0.25, 0.3) is 11.4 Å². The number of nitrogens with zero attached hydrogens (tertiary/aromatic N) is 3. The van der Waals surface area contributed by atoms with Crippen molar-refractivity contribution in [3.05, 3.63) is 23.2 Å². The molecule has 0 atom stereocenters. The molecule has 0 unspecified atom stereocenters. The number of thiazole rings is 1. The van der Waals surface area contributed by atoms with E-state index in [2.05, 4.69) is 23.9 Å². The number of hydrogen-bond donors (Lipinski definition) is 0. The Balaban J connectivity index is 2.33. The van der Waals surface area contributed by atoms with E-state index in [0.717, 1.165) is 11.4 Å². The maximum Gasteiger partial charge on any atom is 0.112 e. The fourth-order valence-electron chi connectivity index (χ4n) is 1.10. The van der Waals surface area contributed by atoms with E-state index in [1.54, 1.807) is 11.3 Å². The zero-order chi connectivity index (χ0) is 9.26. The molecule has 0 spiro atoms. The summed E-state index contributed by atoms with van der Waals surface area (Å²) in [5.41, 5.74) is 3.74. The molecule has 2 rings (SSSR count). The van der Waals surface area contributed by atoms with E-state index < -0.39 is 0 Å². The van der Waals surface area contributed by atoms with E-state index in [9.17, 15) is 0 Å². The van der Waals surface area contributed by atoms with Gasteiger partial charge in [-0.15, -0.1) is 11.3 Å². The van der Waals surface area contributed by atoms with Crippen molar-refractivity contribution in [3.8, 4) is 11.4 Å². The molecule has 0 aromatic carbocycles. The van der Waals surface area contributed by atoms with Crippen LogP contribution in [-0.2, 0) is 0 Å². The van der Waals surface area contributed by atoms with Crippen molar-refractivity contribution < 1.29 is 0 Å². The molecule has 0 amide bonds. The second kappa shape index (κ2) is 3.30. The van der Waals surface area contributed by atoms with Gasteiger partial charge in [0.05, 0.1) is 5.51 Å². The zero-order valence-corrected chi connectivity index (χ0v) is 8.45. The fourth-order valence-corrected chi connectivity index (χ4v) is 1.65. The summed E-state index contributed by atoms with van der Waals surface area (Å²) in [6.45, 7) is 4.22. The van der Waals surface area contributed by atoms with E-state index in [1.807, 2.05) is 27.8 Å². The lowest BCUT2D eigenvalue weighted by molar-refractivity contribution is 0.534. The predicted molar refractivity (Wildman–Crippen MR) is 53.7 cm³/mol. The molecule has 0 saturated heterocycles. The highest BCUT2D eigenvalue weighted by atomic mass is 32.1. The highest BCUT2D eigenvalue weighted by molar-refractivity contribution is 7.07. The molecule has 0 fully saturated rings. The molecule has 0 radical (unpaired) electrons. The van der Waals surface area contributed by atoms with Gasteiger partial charge in [-0.05, 0) is 19.9 Å². The zero-order valence-electron chi connectivity index (χ0n) is 7.64. The van der Waals surface area contributed by atoms with Gasteiger partial charge in [-0.3, -0.25) is 4.68 Å². The minimum atomic E-state index is 0.410. The van der Waals surface area contributed by atoms with Gasteiger partial charge in [-0.1, -0.05) is 0 Å². The highest BCUT2D eigenvalue weighted by Crippen LogP contribution is 2.17. The summed E-state index contributed by atoms with van der Waals surface area (Å²) in [6, 6.07) is 2.40. The Morgan fingerprint density at radius 1 is 1.38 bits per heavy atom. The third-order valence-corrected chi connectivity index (χ3v) is 2.42. The molecule has 3 nitrogen and oxygen atoms in total. The average Bonchev–Trinajstić information content (AvgIpc) is 2.75. The van der Waals surface area contributed by atoms with Crippen molar-refractivity contribution in [2.75, 3.05) is 0 Å². The summed E-state index contributed by atoms with van der Waals surface area (Å²) < 4.78 is 1.94. The van der Waals surface area contributed by atoms with E-state index in [0.29, 0.717) is 6.04 Å². The van der Waals surface area contributed by atoms with Crippen LogP contribution >= 0.6 is 11.3 Å². The molecule has 2 aromatic rings. The first-order valence-electron chi connectivity index (χ1n) is 4.21. The second-order valence-electron chi connectivity index (χ2n) is 3.15. The molecule has 0 aliphatic heterocycles. The number of hydrogen-bond acceptors (Lipinski definition) is 3. The summed E-state index contributed by atoms with van der Waals surface area (Å²) in [4.78, 5) is 4.20. The summed E-state index contributed by atoms with van der Waals surface area (Å²) in [5.74, 6) is 0. The third-order valence-electron chi connectivity index (χ3n) is 1.83. The molecule has 0 aliphatic carbocycles. The van der Waals surface area contributed by atoms with Gasteiger partial charge >= 0.3 is 0 Å². The Labute approximate surface area is 81.1 Å². The van der Waals surface area contributed by atoms with Gasteiger partial charge < -0.3 is 0 Å². The molecule has 0 N–H and O–H groups in total. The highest BCUT2D eigenvalue weighted by Gasteiger charge is 2.05. The van der Waals surface area contributed by atoms with Gasteiger partial charge in [0, 0.05) is 17.6 Å². The van der Waals surface area contributed by atoms with Crippen molar-refractivity contribution in [1.29, 1.82) is 0 Å². The summed E-state index contributed by atoms with van der Waals surface area (Å²) >= 11 is 1.59. The number of aromatic nitrogens is 3. The Morgan fingerprint density at radius 3 is 2.77 bits per heavy atom. The van der Waals surface area contributed by atoms with Crippen molar-refractivity contribution in [2.45, 2.75) is 19.9 Å². The number of rotatable bonds is 2. The van der Waals surface area contributed by atoms with Crippen LogP contribution in [0.1, 0.15) is 19.9 Å². The minimum absolute atomic E-state index is 0.410. The molecule has 4 heteroatoms. The Hall–Kier alpha value is -1.16. The quantitative estimate of drug-likeness (QED) is 0.734. The monoisotopic (exact) mass is 193 g/mol. The van der Waals surface area contributed by atoms with Crippen molar-refractivity contribution in [3.63, 3.8) is 0 Å². The van der Waals surface area contributed by atoms with Gasteiger partial charge in [-0.25, -0.2) is 4.98 Å². The molecule has 13 heavy (non-hydrogen) atoms. The molecule has 0 bridgehead atoms. The van der Waals surface area contributed by atoms with E-state index in [-0.39, 0.29) is 0 Å². The summed E-state index contributed by atoms with van der Waals surface area (Å²) in [7, 11) is 0. The lowest BCUT2D eigenvalue weighted by Crippen LogP contribution is -2.00. The van der Waals surface area contributed by atoms with Gasteiger partial charge in [0.25, 0.3) is 0 Å². The average molecular weight is 193 g/mol. The van der Waals surface area contributed by atoms with Crippen LogP contribution in [0.15, 0.2) is 23.2 Å². The molecule has 68 valence electrons. The Kier molecular flexibility index (Phi) is 2.14. The molecule has 2 heterocycles. The van der Waals surface area contributed by atoms with Crippen molar-refractivity contribution in [2.24, 2.45) is 0 Å². The molecule has 0 saturated carbocycles.